The van der Waals surface area contributed by atoms with Gasteiger partial charge in [-0.05, 0) is 25.2 Å². The Hall–Kier alpha value is 0.0700. The van der Waals surface area contributed by atoms with Gasteiger partial charge in [-0.25, -0.2) is 0 Å². The van der Waals surface area contributed by atoms with Crippen LogP contribution in [0.25, 0.3) is 0 Å². The standard InChI is InChI=1S/C20H40O3S/c1-2-3-4-5-6-7-8-9-10-11-15-18-22-24(21)23-19-20-16-13-12-14-17-20/h20H,2-19H2,1H3. The molecule has 144 valence electrons. The van der Waals surface area contributed by atoms with Crippen molar-refractivity contribution in [2.24, 2.45) is 5.92 Å². The fraction of sp³-hybridized carbons (Fsp3) is 1.00. The first-order valence-electron chi connectivity index (χ1n) is 10.5. The highest BCUT2D eigenvalue weighted by atomic mass is 32.2. The van der Waals surface area contributed by atoms with Crippen LogP contribution in [0.2, 0.25) is 0 Å². The lowest BCUT2D eigenvalue weighted by Gasteiger charge is -2.20. The molecule has 1 saturated carbocycles. The van der Waals surface area contributed by atoms with E-state index >= 15 is 0 Å². The molecular formula is C20H40O3S. The lowest BCUT2D eigenvalue weighted by molar-refractivity contribution is 0.189. The van der Waals surface area contributed by atoms with Gasteiger partial charge in [-0.15, -0.1) is 0 Å². The largest absolute Gasteiger partial charge is 0.304 e. The van der Waals surface area contributed by atoms with Crippen LogP contribution in [0.15, 0.2) is 0 Å². The monoisotopic (exact) mass is 360 g/mol. The van der Waals surface area contributed by atoms with Crippen LogP contribution in [0.5, 0.6) is 0 Å². The Balaban J connectivity index is 1.77. The van der Waals surface area contributed by atoms with Crippen LogP contribution in [-0.2, 0) is 19.7 Å². The minimum absolute atomic E-state index is 0.564. The first kappa shape index (κ1) is 22.1. The molecule has 0 spiro atoms. The van der Waals surface area contributed by atoms with Crippen molar-refractivity contribution in [2.45, 2.75) is 110 Å². The lowest BCUT2D eigenvalue weighted by atomic mass is 9.90. The minimum Gasteiger partial charge on any atom is -0.268 e. The summed E-state index contributed by atoms with van der Waals surface area (Å²) >= 11 is -1.54. The van der Waals surface area contributed by atoms with Crippen LogP contribution in [0.1, 0.15) is 110 Å². The van der Waals surface area contributed by atoms with Gasteiger partial charge in [0.1, 0.15) is 0 Å². The quantitative estimate of drug-likeness (QED) is 0.295. The molecule has 1 atom stereocenters. The first-order chi connectivity index (χ1) is 11.8. The molecule has 1 aliphatic carbocycles. The second-order valence-electron chi connectivity index (χ2n) is 7.35. The molecule has 1 unspecified atom stereocenters. The third-order valence-electron chi connectivity index (χ3n) is 5.05. The highest BCUT2D eigenvalue weighted by Crippen LogP contribution is 2.24. The van der Waals surface area contributed by atoms with E-state index in [2.05, 4.69) is 6.92 Å². The predicted molar refractivity (Wildman–Crippen MR) is 103 cm³/mol. The molecule has 24 heavy (non-hydrogen) atoms. The maximum atomic E-state index is 11.6. The summed E-state index contributed by atoms with van der Waals surface area (Å²) in [4.78, 5) is 0. The van der Waals surface area contributed by atoms with Crippen molar-refractivity contribution in [3.63, 3.8) is 0 Å². The van der Waals surface area contributed by atoms with E-state index in [1.54, 1.807) is 0 Å². The molecular weight excluding hydrogens is 320 g/mol. The summed E-state index contributed by atoms with van der Waals surface area (Å²) in [5.74, 6) is 0.591. The Bertz CT molecular complexity index is 291. The average Bonchev–Trinajstić information content (AvgIpc) is 2.62. The summed E-state index contributed by atoms with van der Waals surface area (Å²) in [6.45, 7) is 3.43. The first-order valence-corrected chi connectivity index (χ1v) is 11.5. The third kappa shape index (κ3) is 13.4. The number of hydrogen-bond donors (Lipinski definition) is 0. The molecule has 0 aromatic carbocycles. The van der Waals surface area contributed by atoms with E-state index in [1.165, 1.54) is 96.3 Å². The van der Waals surface area contributed by atoms with Crippen molar-refractivity contribution in [1.29, 1.82) is 0 Å². The summed E-state index contributed by atoms with van der Waals surface area (Å²) < 4.78 is 22.2. The van der Waals surface area contributed by atoms with Gasteiger partial charge in [-0.3, -0.25) is 8.37 Å². The maximum Gasteiger partial charge on any atom is 0.304 e. The molecule has 0 amide bonds. The molecule has 0 bridgehead atoms. The smallest absolute Gasteiger partial charge is 0.268 e. The van der Waals surface area contributed by atoms with E-state index in [9.17, 15) is 4.21 Å². The Morgan fingerprint density at radius 3 is 1.88 bits per heavy atom. The topological polar surface area (TPSA) is 35.5 Å². The molecule has 1 fully saturated rings. The SMILES string of the molecule is CCCCCCCCCCCCCOS(=O)OCC1CCCCC1. The second-order valence-corrected chi connectivity index (χ2v) is 8.23. The molecule has 0 N–H and O–H groups in total. The number of rotatable bonds is 16. The molecule has 0 saturated heterocycles. The van der Waals surface area contributed by atoms with Crippen molar-refractivity contribution < 1.29 is 12.6 Å². The van der Waals surface area contributed by atoms with Crippen molar-refractivity contribution in [3.05, 3.63) is 0 Å². The van der Waals surface area contributed by atoms with Crippen molar-refractivity contribution >= 4 is 11.4 Å². The zero-order valence-electron chi connectivity index (χ0n) is 15.9. The zero-order valence-corrected chi connectivity index (χ0v) is 16.8. The van der Waals surface area contributed by atoms with E-state index in [1.807, 2.05) is 0 Å². The summed E-state index contributed by atoms with van der Waals surface area (Å²) in [5, 5.41) is 0. The lowest BCUT2D eigenvalue weighted by Crippen LogP contribution is -2.15. The Kier molecular flexibility index (Phi) is 15.2. The van der Waals surface area contributed by atoms with Gasteiger partial charge in [0.25, 0.3) is 0 Å². The van der Waals surface area contributed by atoms with Gasteiger partial charge < -0.3 is 0 Å². The van der Waals surface area contributed by atoms with Gasteiger partial charge in [-0.2, -0.15) is 4.21 Å². The van der Waals surface area contributed by atoms with E-state index in [0.29, 0.717) is 19.1 Å². The molecule has 0 aromatic rings. The van der Waals surface area contributed by atoms with Crippen LogP contribution in [0.3, 0.4) is 0 Å². The summed E-state index contributed by atoms with van der Waals surface area (Å²) in [5.41, 5.74) is 0. The van der Waals surface area contributed by atoms with Gasteiger partial charge in [-0.1, -0.05) is 90.4 Å². The Labute approximate surface area is 153 Å². The van der Waals surface area contributed by atoms with Crippen molar-refractivity contribution in [1.82, 2.24) is 0 Å². The predicted octanol–water partition coefficient (Wildman–Crippen LogP) is 6.49. The van der Waals surface area contributed by atoms with Crippen LogP contribution in [0.4, 0.5) is 0 Å². The van der Waals surface area contributed by atoms with Crippen molar-refractivity contribution in [3.8, 4) is 0 Å². The number of unbranched alkanes of at least 4 members (excludes halogenated alkanes) is 10. The highest BCUT2D eigenvalue weighted by Gasteiger charge is 2.15. The Morgan fingerprint density at radius 1 is 0.750 bits per heavy atom. The van der Waals surface area contributed by atoms with Crippen LogP contribution >= 0.6 is 0 Å². The minimum atomic E-state index is -1.54. The fourth-order valence-electron chi connectivity index (χ4n) is 3.43. The molecule has 0 heterocycles. The van der Waals surface area contributed by atoms with Gasteiger partial charge in [0.15, 0.2) is 0 Å². The maximum absolute atomic E-state index is 11.6. The van der Waals surface area contributed by atoms with Gasteiger partial charge >= 0.3 is 11.4 Å². The van der Waals surface area contributed by atoms with Gasteiger partial charge in [0, 0.05) is 0 Å². The molecule has 0 aliphatic heterocycles. The molecule has 1 rings (SSSR count). The molecule has 4 heteroatoms. The fourth-order valence-corrected chi connectivity index (χ4v) is 4.06. The molecule has 0 radical (unpaired) electrons. The van der Waals surface area contributed by atoms with Crippen LogP contribution in [0, 0.1) is 5.92 Å². The number of hydrogen-bond acceptors (Lipinski definition) is 3. The normalized spacial score (nSPS) is 17.2. The molecule has 0 aromatic heterocycles. The van der Waals surface area contributed by atoms with E-state index in [0.717, 1.165) is 6.42 Å². The van der Waals surface area contributed by atoms with Crippen LogP contribution in [-0.4, -0.2) is 17.4 Å². The summed E-state index contributed by atoms with van der Waals surface area (Å²) in [6.07, 6.45) is 20.8. The van der Waals surface area contributed by atoms with Gasteiger partial charge in [0.2, 0.25) is 0 Å². The third-order valence-corrected chi connectivity index (χ3v) is 5.74. The van der Waals surface area contributed by atoms with E-state index in [4.69, 9.17) is 8.37 Å². The Morgan fingerprint density at radius 2 is 1.29 bits per heavy atom. The zero-order chi connectivity index (χ0) is 17.3. The van der Waals surface area contributed by atoms with E-state index in [-0.39, 0.29) is 0 Å². The summed E-state index contributed by atoms with van der Waals surface area (Å²) in [7, 11) is 0. The molecule has 3 nitrogen and oxygen atoms in total. The highest BCUT2D eigenvalue weighted by molar-refractivity contribution is 7.75. The van der Waals surface area contributed by atoms with Crippen LogP contribution < -0.4 is 0 Å². The summed E-state index contributed by atoms with van der Waals surface area (Å²) in [6, 6.07) is 0. The van der Waals surface area contributed by atoms with Gasteiger partial charge in [0.05, 0.1) is 13.2 Å². The van der Waals surface area contributed by atoms with E-state index < -0.39 is 11.4 Å². The second kappa shape index (κ2) is 16.5. The molecule has 1 aliphatic rings. The van der Waals surface area contributed by atoms with Crippen molar-refractivity contribution in [2.75, 3.05) is 13.2 Å². The average molecular weight is 361 g/mol.